The third-order valence-corrected chi connectivity index (χ3v) is 8.17. The highest BCUT2D eigenvalue weighted by atomic mass is 16.5. The van der Waals surface area contributed by atoms with E-state index >= 15 is 0 Å². The molecule has 1 aliphatic rings. The smallest absolute Gasteiger partial charge is 0.247 e. The lowest BCUT2D eigenvalue weighted by molar-refractivity contribution is -0.132. The van der Waals surface area contributed by atoms with E-state index in [0.29, 0.717) is 18.8 Å². The Labute approximate surface area is 236 Å². The molecule has 0 bridgehead atoms. The van der Waals surface area contributed by atoms with Crippen molar-refractivity contribution in [3.8, 4) is 11.1 Å². The van der Waals surface area contributed by atoms with Gasteiger partial charge in [0, 0.05) is 80.6 Å². The average molecular weight is 541 g/mol. The summed E-state index contributed by atoms with van der Waals surface area (Å²) in [6.45, 7) is 5.39. The summed E-state index contributed by atoms with van der Waals surface area (Å²) in [5, 5.41) is 1.30. The standard InChI is InChI=1S/C33H40N4O3/c1-23-29-8-3-4-9-30(29)37(17-6-18-40-2)33(23)27-7-5-16-36(22-27)32(39)20-28(34)19-24-10-12-25(13-11-24)26-14-15-31(38)35-21-26/h3-4,8-15,21,27-28H,5-7,16-20,22,34H2,1-2H3,(H,35,38)/t27?,28-/m1/s1. The van der Waals surface area contributed by atoms with Gasteiger partial charge in [0.1, 0.15) is 0 Å². The number of nitrogens with zero attached hydrogens (tertiary/aromatic N) is 2. The molecule has 2 aromatic heterocycles. The van der Waals surface area contributed by atoms with Crippen LogP contribution in [0.3, 0.4) is 0 Å². The Kier molecular flexibility index (Phi) is 8.82. The van der Waals surface area contributed by atoms with Gasteiger partial charge in [0.15, 0.2) is 0 Å². The Morgan fingerprint density at radius 3 is 2.62 bits per heavy atom. The van der Waals surface area contributed by atoms with Crippen molar-refractivity contribution < 1.29 is 9.53 Å². The predicted molar refractivity (Wildman–Crippen MR) is 161 cm³/mol. The molecule has 40 heavy (non-hydrogen) atoms. The van der Waals surface area contributed by atoms with Crippen molar-refractivity contribution >= 4 is 16.8 Å². The number of rotatable bonds is 10. The van der Waals surface area contributed by atoms with E-state index in [9.17, 15) is 9.59 Å². The average Bonchev–Trinajstić information content (AvgIpc) is 3.25. The molecule has 1 amide bonds. The van der Waals surface area contributed by atoms with Crippen molar-refractivity contribution in [1.29, 1.82) is 0 Å². The van der Waals surface area contributed by atoms with E-state index < -0.39 is 0 Å². The van der Waals surface area contributed by atoms with Crippen LogP contribution in [0.1, 0.15) is 48.4 Å². The first-order chi connectivity index (χ1) is 19.4. The molecule has 3 heterocycles. The second-order valence-corrected chi connectivity index (χ2v) is 11.0. The van der Waals surface area contributed by atoms with Gasteiger partial charge < -0.3 is 24.9 Å². The summed E-state index contributed by atoms with van der Waals surface area (Å²) < 4.78 is 7.80. The summed E-state index contributed by atoms with van der Waals surface area (Å²) in [6, 6.07) is 19.9. The number of H-pyrrole nitrogens is 1. The summed E-state index contributed by atoms with van der Waals surface area (Å²) in [4.78, 5) is 29.5. The van der Waals surface area contributed by atoms with Crippen LogP contribution in [0, 0.1) is 6.92 Å². The summed E-state index contributed by atoms with van der Waals surface area (Å²) in [6.07, 6.45) is 5.73. The summed E-state index contributed by atoms with van der Waals surface area (Å²) in [5.41, 5.74) is 13.4. The minimum Gasteiger partial charge on any atom is -0.385 e. The van der Waals surface area contributed by atoms with Crippen LogP contribution in [0.15, 0.2) is 71.7 Å². The number of likely N-dealkylation sites (tertiary alicyclic amines) is 1. The zero-order chi connectivity index (χ0) is 28.1. The van der Waals surface area contributed by atoms with Crippen LogP contribution in [0.2, 0.25) is 0 Å². The number of carbonyl (C=O) groups is 1. The maximum Gasteiger partial charge on any atom is 0.247 e. The highest BCUT2D eigenvalue weighted by Gasteiger charge is 2.29. The summed E-state index contributed by atoms with van der Waals surface area (Å²) in [5.74, 6) is 0.450. The quantitative estimate of drug-likeness (QED) is 0.277. The number of piperidine rings is 1. The number of hydrogen-bond acceptors (Lipinski definition) is 4. The molecule has 0 saturated carbocycles. The van der Waals surface area contributed by atoms with E-state index in [1.165, 1.54) is 28.2 Å². The molecular formula is C33H40N4O3. The largest absolute Gasteiger partial charge is 0.385 e. The topological polar surface area (TPSA) is 93.3 Å². The fourth-order valence-electron chi connectivity index (χ4n) is 6.21. The van der Waals surface area contributed by atoms with Gasteiger partial charge in [-0.1, -0.05) is 42.5 Å². The van der Waals surface area contributed by atoms with Gasteiger partial charge in [-0.25, -0.2) is 0 Å². The van der Waals surface area contributed by atoms with Gasteiger partial charge in [-0.15, -0.1) is 0 Å². The van der Waals surface area contributed by atoms with E-state index in [0.717, 1.165) is 62.2 Å². The van der Waals surface area contributed by atoms with Gasteiger partial charge in [0.2, 0.25) is 11.5 Å². The fourth-order valence-corrected chi connectivity index (χ4v) is 6.21. The highest BCUT2D eigenvalue weighted by Crippen LogP contribution is 2.36. The molecule has 0 radical (unpaired) electrons. The Morgan fingerprint density at radius 1 is 1.10 bits per heavy atom. The summed E-state index contributed by atoms with van der Waals surface area (Å²) >= 11 is 0. The number of carbonyl (C=O) groups excluding carboxylic acids is 1. The molecule has 7 nitrogen and oxygen atoms in total. The summed E-state index contributed by atoms with van der Waals surface area (Å²) in [7, 11) is 1.75. The molecule has 7 heteroatoms. The van der Waals surface area contributed by atoms with E-state index in [1.807, 2.05) is 35.2 Å². The lowest BCUT2D eigenvalue weighted by Crippen LogP contribution is -2.42. The van der Waals surface area contributed by atoms with E-state index in [1.54, 1.807) is 13.3 Å². The Morgan fingerprint density at radius 2 is 1.88 bits per heavy atom. The van der Waals surface area contributed by atoms with Crippen LogP contribution in [0.5, 0.6) is 0 Å². The molecule has 210 valence electrons. The maximum atomic E-state index is 13.4. The zero-order valence-corrected chi connectivity index (χ0v) is 23.6. The van der Waals surface area contributed by atoms with Gasteiger partial charge in [-0.3, -0.25) is 9.59 Å². The molecule has 1 aliphatic heterocycles. The number of nitrogens with two attached hydrogens (primary N) is 1. The molecule has 2 atom stereocenters. The molecule has 2 aromatic carbocycles. The minimum atomic E-state index is -0.242. The number of aromatic nitrogens is 2. The van der Waals surface area contributed by atoms with Crippen LogP contribution < -0.4 is 11.3 Å². The molecule has 1 unspecified atom stereocenters. The molecule has 0 spiro atoms. The van der Waals surface area contributed by atoms with Gasteiger partial charge in [0.05, 0.1) is 0 Å². The lowest BCUT2D eigenvalue weighted by atomic mass is 9.91. The lowest BCUT2D eigenvalue weighted by Gasteiger charge is -2.34. The SMILES string of the molecule is COCCCn1c(C2CCCN(C(=O)C[C@H](N)Cc3ccc(-c4ccc(=O)[nH]c4)cc3)C2)c(C)c2ccccc21. The normalized spacial score (nSPS) is 16.4. The van der Waals surface area contributed by atoms with Crippen LogP contribution >= 0.6 is 0 Å². The second kappa shape index (κ2) is 12.7. The number of aromatic amines is 1. The highest BCUT2D eigenvalue weighted by molar-refractivity contribution is 5.85. The molecular weight excluding hydrogens is 500 g/mol. The third kappa shape index (κ3) is 6.21. The van der Waals surface area contributed by atoms with Gasteiger partial charge >= 0.3 is 0 Å². The van der Waals surface area contributed by atoms with Crippen LogP contribution in [-0.4, -0.2) is 53.2 Å². The van der Waals surface area contributed by atoms with Crippen molar-refractivity contribution in [2.24, 2.45) is 5.73 Å². The monoisotopic (exact) mass is 540 g/mol. The van der Waals surface area contributed by atoms with Crippen molar-refractivity contribution in [2.45, 2.75) is 57.5 Å². The second-order valence-electron chi connectivity index (χ2n) is 11.0. The van der Waals surface area contributed by atoms with Crippen molar-refractivity contribution in [1.82, 2.24) is 14.5 Å². The predicted octanol–water partition coefficient (Wildman–Crippen LogP) is 5.01. The van der Waals surface area contributed by atoms with E-state index in [2.05, 4.69) is 40.7 Å². The fraction of sp³-hybridized carbons (Fsp3) is 0.394. The number of pyridine rings is 1. The van der Waals surface area contributed by atoms with Crippen LogP contribution in [0.4, 0.5) is 0 Å². The van der Waals surface area contributed by atoms with Crippen molar-refractivity contribution in [3.63, 3.8) is 0 Å². The Bertz CT molecular complexity index is 1480. The number of aryl methyl sites for hydroxylation is 2. The first-order valence-electron chi connectivity index (χ1n) is 14.3. The Hall–Kier alpha value is -3.68. The minimum absolute atomic E-state index is 0.115. The maximum absolute atomic E-state index is 13.4. The third-order valence-electron chi connectivity index (χ3n) is 8.17. The van der Waals surface area contributed by atoms with Gasteiger partial charge in [-0.2, -0.15) is 0 Å². The van der Waals surface area contributed by atoms with E-state index in [4.69, 9.17) is 10.5 Å². The number of amides is 1. The number of para-hydroxylation sites is 1. The number of ether oxygens (including phenoxy) is 1. The van der Waals surface area contributed by atoms with Crippen molar-refractivity contribution in [2.75, 3.05) is 26.8 Å². The number of methoxy groups -OCH3 is 1. The number of hydrogen-bond donors (Lipinski definition) is 2. The molecule has 0 aliphatic carbocycles. The molecule has 4 aromatic rings. The Balaban J connectivity index is 1.24. The molecule has 5 rings (SSSR count). The zero-order valence-electron chi connectivity index (χ0n) is 23.6. The first kappa shape index (κ1) is 27.9. The first-order valence-corrected chi connectivity index (χ1v) is 14.3. The van der Waals surface area contributed by atoms with Gasteiger partial charge in [-0.05, 0) is 67.0 Å². The van der Waals surface area contributed by atoms with Crippen LogP contribution in [0.25, 0.3) is 22.0 Å². The van der Waals surface area contributed by atoms with Crippen LogP contribution in [-0.2, 0) is 22.5 Å². The number of nitrogens with one attached hydrogen (secondary N) is 1. The molecule has 3 N–H and O–H groups in total. The van der Waals surface area contributed by atoms with Gasteiger partial charge in [0.25, 0.3) is 0 Å². The molecule has 1 fully saturated rings. The number of fused-ring (bicyclic) bond motifs is 1. The number of benzene rings is 2. The van der Waals surface area contributed by atoms with Crippen molar-refractivity contribution in [3.05, 3.63) is 94.0 Å². The molecule has 1 saturated heterocycles. The van der Waals surface area contributed by atoms with E-state index in [-0.39, 0.29) is 17.5 Å².